The van der Waals surface area contributed by atoms with Gasteiger partial charge in [0.1, 0.15) is 0 Å². The molecule has 0 spiro atoms. The number of aliphatic carboxylic acids is 1. The van der Waals surface area contributed by atoms with Crippen LogP contribution < -0.4 is 5.32 Å². The quantitative estimate of drug-likeness (QED) is 0.719. The van der Waals surface area contributed by atoms with Gasteiger partial charge in [-0.3, -0.25) is 9.59 Å². The molecule has 0 aliphatic carbocycles. The summed E-state index contributed by atoms with van der Waals surface area (Å²) in [4.78, 5) is 23.8. The number of carbonyl (C=O) groups excluding carboxylic acids is 1. The molecule has 1 heterocycles. The zero-order chi connectivity index (χ0) is 20.2. The van der Waals surface area contributed by atoms with Crippen LogP contribution in [0.1, 0.15) is 49.0 Å². The zero-order valence-electron chi connectivity index (χ0n) is 15.6. The summed E-state index contributed by atoms with van der Waals surface area (Å²) in [5.74, 6) is -1.50. The van der Waals surface area contributed by atoms with Gasteiger partial charge in [0.2, 0.25) is 0 Å². The van der Waals surface area contributed by atoms with Crippen molar-refractivity contribution >= 4 is 21.9 Å². The maximum atomic E-state index is 12.7. The standard InChI is InChI=1S/C19H24N2O5S/c1-4-19(5-2,12-17(22)23)20-18(24)15-10-11-21(13-15)27(25,26)16-8-6-14(3)7-9-16/h6-11,13H,4-5,12H2,1-3H3,(H,20,24)(H,22,23). The highest BCUT2D eigenvalue weighted by Gasteiger charge is 2.31. The Morgan fingerprint density at radius 3 is 2.22 bits per heavy atom. The molecule has 0 radical (unpaired) electrons. The number of nitrogens with one attached hydrogen (secondary N) is 1. The molecule has 0 saturated carbocycles. The van der Waals surface area contributed by atoms with E-state index in [1.54, 1.807) is 26.0 Å². The Bertz CT molecular complexity index is 925. The van der Waals surface area contributed by atoms with E-state index in [4.69, 9.17) is 5.11 Å². The molecule has 2 rings (SSSR count). The molecule has 1 aromatic carbocycles. The van der Waals surface area contributed by atoms with E-state index < -0.39 is 27.4 Å². The van der Waals surface area contributed by atoms with Gasteiger partial charge in [0.05, 0.1) is 22.4 Å². The Morgan fingerprint density at radius 1 is 1.11 bits per heavy atom. The minimum Gasteiger partial charge on any atom is -0.481 e. The Balaban J connectivity index is 2.27. The fourth-order valence-electron chi connectivity index (χ4n) is 2.82. The van der Waals surface area contributed by atoms with E-state index in [9.17, 15) is 18.0 Å². The molecular weight excluding hydrogens is 368 g/mol. The number of rotatable bonds is 8. The highest BCUT2D eigenvalue weighted by Crippen LogP contribution is 2.21. The Kier molecular flexibility index (Phi) is 6.10. The molecule has 27 heavy (non-hydrogen) atoms. The maximum Gasteiger partial charge on any atom is 0.305 e. The summed E-state index contributed by atoms with van der Waals surface area (Å²) < 4.78 is 26.3. The Labute approximate surface area is 159 Å². The van der Waals surface area contributed by atoms with Gasteiger partial charge in [-0.05, 0) is 38.0 Å². The number of aromatic nitrogens is 1. The third-order valence-corrected chi connectivity index (χ3v) is 6.40. The van der Waals surface area contributed by atoms with Gasteiger partial charge in [0, 0.05) is 12.4 Å². The second-order valence-electron chi connectivity index (χ2n) is 6.56. The number of nitrogens with zero attached hydrogens (tertiary/aromatic N) is 1. The summed E-state index contributed by atoms with van der Waals surface area (Å²) in [5.41, 5.74) is 0.221. The molecule has 0 atom stereocenters. The first kappa shape index (κ1) is 20.7. The summed E-state index contributed by atoms with van der Waals surface area (Å²) in [5, 5.41) is 11.9. The summed E-state index contributed by atoms with van der Waals surface area (Å²) in [7, 11) is -3.80. The largest absolute Gasteiger partial charge is 0.481 e. The smallest absolute Gasteiger partial charge is 0.305 e. The average Bonchev–Trinajstić information content (AvgIpc) is 3.12. The molecule has 2 N–H and O–H groups in total. The molecule has 0 fully saturated rings. The minimum atomic E-state index is -3.80. The second-order valence-corrected chi connectivity index (χ2v) is 8.40. The molecule has 2 aromatic rings. The van der Waals surface area contributed by atoms with Gasteiger partial charge in [-0.2, -0.15) is 0 Å². The lowest BCUT2D eigenvalue weighted by Crippen LogP contribution is -2.49. The van der Waals surface area contributed by atoms with Crippen LogP contribution in [0, 0.1) is 6.92 Å². The Morgan fingerprint density at radius 2 is 1.70 bits per heavy atom. The van der Waals surface area contributed by atoms with Crippen LogP contribution >= 0.6 is 0 Å². The zero-order valence-corrected chi connectivity index (χ0v) is 16.4. The molecule has 0 saturated heterocycles. The number of carboxylic acid groups (broad SMARTS) is 1. The molecular formula is C19H24N2O5S. The van der Waals surface area contributed by atoms with Crippen molar-refractivity contribution in [2.45, 2.75) is 50.5 Å². The van der Waals surface area contributed by atoms with Crippen molar-refractivity contribution in [3.05, 3.63) is 53.9 Å². The first-order valence-corrected chi connectivity index (χ1v) is 10.1. The number of carbonyl (C=O) groups is 2. The normalized spacial score (nSPS) is 12.0. The van der Waals surface area contributed by atoms with E-state index in [1.807, 2.05) is 6.92 Å². The van der Waals surface area contributed by atoms with Crippen molar-refractivity contribution < 1.29 is 23.1 Å². The van der Waals surface area contributed by atoms with Crippen molar-refractivity contribution in [3.63, 3.8) is 0 Å². The summed E-state index contributed by atoms with van der Waals surface area (Å²) >= 11 is 0. The highest BCUT2D eigenvalue weighted by atomic mass is 32.2. The number of amides is 1. The first-order valence-electron chi connectivity index (χ1n) is 8.68. The highest BCUT2D eigenvalue weighted by molar-refractivity contribution is 7.90. The average molecular weight is 392 g/mol. The van der Waals surface area contributed by atoms with Crippen LogP contribution in [0.5, 0.6) is 0 Å². The van der Waals surface area contributed by atoms with E-state index in [0.29, 0.717) is 12.8 Å². The summed E-state index contributed by atoms with van der Waals surface area (Å²) in [6, 6.07) is 7.82. The van der Waals surface area contributed by atoms with Gasteiger partial charge < -0.3 is 10.4 Å². The van der Waals surface area contributed by atoms with Crippen LogP contribution in [0.15, 0.2) is 47.6 Å². The number of aryl methyl sites for hydroxylation is 1. The van der Waals surface area contributed by atoms with Crippen molar-refractivity contribution in [2.75, 3.05) is 0 Å². The number of benzene rings is 1. The molecule has 1 amide bonds. The summed E-state index contributed by atoms with van der Waals surface area (Å²) in [6.07, 6.45) is 3.24. The molecule has 8 heteroatoms. The minimum absolute atomic E-state index is 0.123. The third kappa shape index (κ3) is 4.57. The van der Waals surface area contributed by atoms with Crippen LogP contribution in [0.4, 0.5) is 0 Å². The maximum absolute atomic E-state index is 12.7. The second kappa shape index (κ2) is 7.96. The topological polar surface area (TPSA) is 105 Å². The molecule has 0 unspecified atom stereocenters. The Hall–Kier alpha value is -2.61. The number of hydrogen-bond donors (Lipinski definition) is 2. The van der Waals surface area contributed by atoms with Crippen LogP contribution in [-0.4, -0.2) is 34.9 Å². The number of hydrogen-bond acceptors (Lipinski definition) is 4. The number of carboxylic acids is 1. The van der Waals surface area contributed by atoms with Crippen molar-refractivity contribution in [2.24, 2.45) is 0 Å². The van der Waals surface area contributed by atoms with Crippen molar-refractivity contribution in [3.8, 4) is 0 Å². The predicted molar refractivity (Wildman–Crippen MR) is 101 cm³/mol. The van der Waals surface area contributed by atoms with Crippen LogP contribution in [-0.2, 0) is 14.8 Å². The third-order valence-electron chi connectivity index (χ3n) is 4.75. The van der Waals surface area contributed by atoms with E-state index >= 15 is 0 Å². The summed E-state index contributed by atoms with van der Waals surface area (Å²) in [6.45, 7) is 5.47. The molecule has 0 aliphatic rings. The lowest BCUT2D eigenvalue weighted by molar-refractivity contribution is -0.138. The lowest BCUT2D eigenvalue weighted by atomic mass is 9.88. The van der Waals surface area contributed by atoms with Crippen molar-refractivity contribution in [1.82, 2.24) is 9.29 Å². The molecule has 1 aromatic heterocycles. The SMILES string of the molecule is CCC(CC)(CC(=O)O)NC(=O)c1ccn(S(=O)(=O)c2ccc(C)cc2)c1. The van der Waals surface area contributed by atoms with Gasteiger partial charge in [0.15, 0.2) is 0 Å². The molecule has 0 aliphatic heterocycles. The van der Waals surface area contributed by atoms with Gasteiger partial charge in [-0.1, -0.05) is 31.5 Å². The fourth-order valence-corrected chi connectivity index (χ4v) is 4.01. The van der Waals surface area contributed by atoms with E-state index in [2.05, 4.69) is 5.32 Å². The van der Waals surface area contributed by atoms with E-state index in [1.165, 1.54) is 30.6 Å². The van der Waals surface area contributed by atoms with Gasteiger partial charge >= 0.3 is 5.97 Å². The van der Waals surface area contributed by atoms with E-state index in [-0.39, 0.29) is 16.9 Å². The first-order chi connectivity index (χ1) is 12.6. The molecule has 146 valence electrons. The van der Waals surface area contributed by atoms with Gasteiger partial charge in [-0.15, -0.1) is 0 Å². The van der Waals surface area contributed by atoms with Crippen LogP contribution in [0.25, 0.3) is 0 Å². The molecule has 7 nitrogen and oxygen atoms in total. The van der Waals surface area contributed by atoms with Gasteiger partial charge in [0.25, 0.3) is 15.9 Å². The lowest BCUT2D eigenvalue weighted by Gasteiger charge is -2.31. The fraction of sp³-hybridized carbons (Fsp3) is 0.368. The predicted octanol–water partition coefficient (Wildman–Crippen LogP) is 2.80. The van der Waals surface area contributed by atoms with Crippen LogP contribution in [0.2, 0.25) is 0 Å². The van der Waals surface area contributed by atoms with Crippen molar-refractivity contribution in [1.29, 1.82) is 0 Å². The van der Waals surface area contributed by atoms with E-state index in [0.717, 1.165) is 9.54 Å². The van der Waals surface area contributed by atoms with Gasteiger partial charge in [-0.25, -0.2) is 12.4 Å². The monoisotopic (exact) mass is 392 g/mol. The van der Waals surface area contributed by atoms with Crippen LogP contribution in [0.3, 0.4) is 0 Å². The molecule has 0 bridgehead atoms.